The first-order chi connectivity index (χ1) is 27.7. The van der Waals surface area contributed by atoms with Gasteiger partial charge in [0.25, 0.3) is 0 Å². The SMILES string of the molecule is N#CC(C#N)=c1nc2c(-c3cc(C(F)(F)F)cc(C(F)(F)F)c3-c3cc(C(F)(F)F)cc(C(F)(F)F)c3)c3oc(=C(C#N)C#N)nc3c(-c3ccccc3C(F)(F)F)c2o1. The van der Waals surface area contributed by atoms with Gasteiger partial charge in [0, 0.05) is 5.56 Å². The molecule has 0 radical (unpaired) electrons. The molecule has 23 heteroatoms. The Morgan fingerprint density at radius 3 is 1.25 bits per heavy atom. The number of rotatable bonds is 3. The summed E-state index contributed by atoms with van der Waals surface area (Å²) in [5.74, 6) is 0. The number of fused-ring (bicyclic) bond motifs is 2. The number of aromatic nitrogens is 2. The standard InChI is InChI=1S/C37H9F15N6O2/c38-33(39,40)17-5-14(6-18(7-17)34(41,42)43)24-21(8-19(35(44,45)46)9-23(24)37(50,51)52)26-28-29(59-32(58-28)16(12-55)13-56)25(20-3-1-2-4-22(20)36(47,48)49)27-30(26)60-31(57-27)15(10-53)11-54/h1-9H. The van der Waals surface area contributed by atoms with Crippen LogP contribution in [0.5, 0.6) is 0 Å². The van der Waals surface area contributed by atoms with Crippen LogP contribution in [-0.4, -0.2) is 9.97 Å². The summed E-state index contributed by atoms with van der Waals surface area (Å²) in [6.07, 6.45) is -28.6. The third-order valence-electron chi connectivity index (χ3n) is 8.48. The number of oxazole rings is 2. The third kappa shape index (κ3) is 7.37. The molecule has 0 aliphatic carbocycles. The normalized spacial score (nSPS) is 12.5. The number of nitriles is 4. The highest BCUT2D eigenvalue weighted by Crippen LogP contribution is 2.52. The predicted octanol–water partition coefficient (Wildman–Crippen LogP) is 10.5. The Kier molecular flexibility index (Phi) is 9.88. The Hall–Kier alpha value is -7.53. The van der Waals surface area contributed by atoms with Crippen molar-refractivity contribution in [3.63, 3.8) is 0 Å². The lowest BCUT2D eigenvalue weighted by Crippen LogP contribution is -2.15. The van der Waals surface area contributed by atoms with Crippen molar-refractivity contribution in [1.82, 2.24) is 9.97 Å². The fraction of sp³-hybridized carbons (Fsp3) is 0.135. The molecule has 8 nitrogen and oxygen atoms in total. The quantitative estimate of drug-likeness (QED) is 0.160. The van der Waals surface area contributed by atoms with Gasteiger partial charge in [-0.3, -0.25) is 0 Å². The second-order valence-corrected chi connectivity index (χ2v) is 12.1. The number of halogens is 15. The summed E-state index contributed by atoms with van der Waals surface area (Å²) < 4.78 is 228. The molecule has 0 bridgehead atoms. The van der Waals surface area contributed by atoms with Crippen LogP contribution in [-0.2, 0) is 30.9 Å². The zero-order valence-corrected chi connectivity index (χ0v) is 28.4. The highest BCUT2D eigenvalue weighted by molar-refractivity contribution is 6.17. The first-order valence-corrected chi connectivity index (χ1v) is 15.7. The van der Waals surface area contributed by atoms with Crippen molar-refractivity contribution >= 4 is 33.3 Å². The van der Waals surface area contributed by atoms with Gasteiger partial charge in [-0.25, -0.2) is 9.97 Å². The van der Waals surface area contributed by atoms with Crippen molar-refractivity contribution in [2.24, 2.45) is 0 Å². The molecule has 304 valence electrons. The molecular weight excluding hydrogens is 845 g/mol. The van der Waals surface area contributed by atoms with Gasteiger partial charge in [-0.05, 0) is 53.1 Å². The molecule has 0 N–H and O–H groups in total. The van der Waals surface area contributed by atoms with Crippen LogP contribution >= 0.6 is 0 Å². The number of benzene rings is 4. The maximum Gasteiger partial charge on any atom is 0.417 e. The number of alkyl halides is 15. The first kappa shape index (κ1) is 42.1. The molecule has 0 saturated heterocycles. The van der Waals surface area contributed by atoms with Crippen molar-refractivity contribution in [1.29, 1.82) is 21.0 Å². The van der Waals surface area contributed by atoms with Crippen LogP contribution in [0.2, 0.25) is 0 Å². The van der Waals surface area contributed by atoms with Crippen LogP contribution < -0.4 is 11.1 Å². The van der Waals surface area contributed by atoms with Crippen LogP contribution in [0, 0.1) is 45.3 Å². The van der Waals surface area contributed by atoms with E-state index in [0.29, 0.717) is 6.07 Å². The average molecular weight is 854 g/mol. The first-order valence-electron chi connectivity index (χ1n) is 15.7. The van der Waals surface area contributed by atoms with Gasteiger partial charge in [-0.1, -0.05) is 18.2 Å². The zero-order valence-electron chi connectivity index (χ0n) is 28.4. The number of hydrogen-bond acceptors (Lipinski definition) is 8. The third-order valence-corrected chi connectivity index (χ3v) is 8.48. The Morgan fingerprint density at radius 2 is 0.850 bits per heavy atom. The highest BCUT2D eigenvalue weighted by Gasteiger charge is 2.44. The Balaban J connectivity index is 2.04. The molecule has 0 fully saturated rings. The van der Waals surface area contributed by atoms with E-state index in [4.69, 9.17) is 8.83 Å². The molecule has 0 aliphatic rings. The van der Waals surface area contributed by atoms with Gasteiger partial charge in [0.05, 0.1) is 38.9 Å². The van der Waals surface area contributed by atoms with Crippen LogP contribution in [0.4, 0.5) is 65.9 Å². The molecule has 0 spiro atoms. The molecule has 0 saturated carbocycles. The van der Waals surface area contributed by atoms with E-state index >= 15 is 13.2 Å². The largest absolute Gasteiger partial charge is 0.434 e. The summed E-state index contributed by atoms with van der Waals surface area (Å²) >= 11 is 0. The molecule has 6 rings (SSSR count). The van der Waals surface area contributed by atoms with Gasteiger partial charge in [0.1, 0.15) is 35.3 Å². The predicted molar refractivity (Wildman–Crippen MR) is 171 cm³/mol. The van der Waals surface area contributed by atoms with Crippen molar-refractivity contribution in [2.45, 2.75) is 30.9 Å². The summed E-state index contributed by atoms with van der Waals surface area (Å²) in [6, 6.07) is 6.40. The second-order valence-electron chi connectivity index (χ2n) is 12.1. The van der Waals surface area contributed by atoms with Gasteiger partial charge >= 0.3 is 30.9 Å². The Morgan fingerprint density at radius 1 is 0.450 bits per heavy atom. The van der Waals surface area contributed by atoms with E-state index < -0.39 is 149 Å². The summed E-state index contributed by atoms with van der Waals surface area (Å²) in [5.41, 5.74) is -28.4. The zero-order chi connectivity index (χ0) is 44.5. The summed E-state index contributed by atoms with van der Waals surface area (Å²) in [6.45, 7) is 0. The van der Waals surface area contributed by atoms with Crippen molar-refractivity contribution in [3.8, 4) is 57.7 Å². The molecule has 4 aromatic carbocycles. The molecule has 2 heterocycles. The minimum Gasteiger partial charge on any atom is -0.434 e. The smallest absolute Gasteiger partial charge is 0.417 e. The van der Waals surface area contributed by atoms with Crippen molar-refractivity contribution in [3.05, 3.63) is 93.5 Å². The maximum atomic E-state index is 15.0. The van der Waals surface area contributed by atoms with E-state index in [1.807, 2.05) is 0 Å². The van der Waals surface area contributed by atoms with Crippen molar-refractivity contribution in [2.75, 3.05) is 0 Å². The van der Waals surface area contributed by atoms with Gasteiger partial charge in [0.2, 0.25) is 11.1 Å². The van der Waals surface area contributed by atoms with E-state index in [-0.39, 0.29) is 18.2 Å². The number of nitrogens with zero attached hydrogens (tertiary/aromatic N) is 6. The van der Waals surface area contributed by atoms with E-state index in [9.17, 15) is 73.7 Å². The lowest BCUT2D eigenvalue weighted by atomic mass is 9.85. The molecule has 2 aromatic heterocycles. The summed E-state index contributed by atoms with van der Waals surface area (Å²) in [4.78, 5) is 7.65. The van der Waals surface area contributed by atoms with E-state index in [1.165, 1.54) is 24.3 Å². The molecule has 60 heavy (non-hydrogen) atoms. The lowest BCUT2D eigenvalue weighted by Gasteiger charge is -2.23. The molecule has 0 atom stereocenters. The van der Waals surface area contributed by atoms with E-state index in [0.717, 1.165) is 18.2 Å². The molecule has 0 unspecified atom stereocenters. The average Bonchev–Trinajstić information content (AvgIpc) is 3.77. The Labute approximate surface area is 321 Å². The highest BCUT2D eigenvalue weighted by atomic mass is 19.4. The number of hydrogen-bond donors (Lipinski definition) is 0. The Bertz CT molecular complexity index is 2920. The van der Waals surface area contributed by atoms with Crippen LogP contribution in [0.1, 0.15) is 27.8 Å². The van der Waals surface area contributed by atoms with E-state index in [2.05, 4.69) is 9.97 Å². The van der Waals surface area contributed by atoms with Gasteiger partial charge in [-0.15, -0.1) is 0 Å². The van der Waals surface area contributed by atoms with Crippen LogP contribution in [0.15, 0.2) is 63.4 Å². The molecule has 0 amide bonds. The topological polar surface area (TPSA) is 147 Å². The van der Waals surface area contributed by atoms with E-state index in [1.54, 1.807) is 0 Å². The minimum absolute atomic E-state index is 0.190. The summed E-state index contributed by atoms with van der Waals surface area (Å²) in [7, 11) is 0. The summed E-state index contributed by atoms with van der Waals surface area (Å²) in [5, 5.41) is 38.3. The molecule has 0 aliphatic heterocycles. The van der Waals surface area contributed by atoms with Gasteiger partial charge in [0.15, 0.2) is 22.3 Å². The van der Waals surface area contributed by atoms with Crippen molar-refractivity contribution < 1.29 is 74.7 Å². The second kappa shape index (κ2) is 14.1. The van der Waals surface area contributed by atoms with Crippen LogP contribution in [0.25, 0.3) is 66.7 Å². The van der Waals surface area contributed by atoms with Crippen LogP contribution in [0.3, 0.4) is 0 Å². The fourth-order valence-corrected chi connectivity index (χ4v) is 6.07. The molecular formula is C37H9F15N6O2. The fourth-order valence-electron chi connectivity index (χ4n) is 6.07. The molecule has 6 aromatic rings. The monoisotopic (exact) mass is 854 g/mol. The lowest BCUT2D eigenvalue weighted by molar-refractivity contribution is -0.144. The minimum atomic E-state index is -6.06. The maximum absolute atomic E-state index is 15.0. The van der Waals surface area contributed by atoms with Gasteiger partial charge in [-0.2, -0.15) is 86.9 Å². The van der Waals surface area contributed by atoms with Gasteiger partial charge < -0.3 is 8.83 Å².